The van der Waals surface area contributed by atoms with Crippen LogP contribution in [0.1, 0.15) is 33.6 Å². The van der Waals surface area contributed by atoms with E-state index < -0.39 is 0 Å². The molecule has 2 heteroatoms. The second-order valence-electron chi connectivity index (χ2n) is 5.89. The van der Waals surface area contributed by atoms with E-state index in [2.05, 4.69) is 25.7 Å². The fourth-order valence-corrected chi connectivity index (χ4v) is 2.48. The van der Waals surface area contributed by atoms with Gasteiger partial charge in [-0.15, -0.1) is 0 Å². The highest BCUT2D eigenvalue weighted by atomic mass is 16.5. The van der Waals surface area contributed by atoms with E-state index in [1.54, 1.807) is 0 Å². The summed E-state index contributed by atoms with van der Waals surface area (Å²) in [5.41, 5.74) is 0.475. The molecule has 0 aromatic carbocycles. The zero-order valence-electron chi connectivity index (χ0n) is 9.75. The number of hydrogen-bond acceptors (Lipinski definition) is 2. The Labute approximate surface area is 87.6 Å². The van der Waals surface area contributed by atoms with Crippen LogP contribution >= 0.6 is 0 Å². The van der Waals surface area contributed by atoms with Crippen LogP contribution in [0, 0.1) is 11.3 Å². The summed E-state index contributed by atoms with van der Waals surface area (Å²) in [5.74, 6) is 0.872. The Balaban J connectivity index is 1.90. The first-order chi connectivity index (χ1) is 6.57. The second kappa shape index (κ2) is 3.82. The standard InChI is InChI=1S/C12H23NO/c1-12(2,3)10-5-4-6-13(7-10)11-8-14-9-11/h10-11H,4-9H2,1-3H3. The van der Waals surface area contributed by atoms with Crippen molar-refractivity contribution in [2.45, 2.75) is 39.7 Å². The third-order valence-electron chi connectivity index (χ3n) is 3.81. The molecular weight excluding hydrogens is 174 g/mol. The van der Waals surface area contributed by atoms with Crippen molar-refractivity contribution >= 4 is 0 Å². The van der Waals surface area contributed by atoms with Crippen molar-refractivity contribution in [1.29, 1.82) is 0 Å². The van der Waals surface area contributed by atoms with Crippen molar-refractivity contribution in [3.8, 4) is 0 Å². The Kier molecular flexibility index (Phi) is 2.85. The van der Waals surface area contributed by atoms with Crippen molar-refractivity contribution in [1.82, 2.24) is 4.90 Å². The second-order valence-corrected chi connectivity index (χ2v) is 5.89. The fraction of sp³-hybridized carbons (Fsp3) is 1.00. The van der Waals surface area contributed by atoms with Crippen LogP contribution in [-0.4, -0.2) is 37.2 Å². The quantitative estimate of drug-likeness (QED) is 0.638. The maximum Gasteiger partial charge on any atom is 0.0645 e. The zero-order chi connectivity index (χ0) is 10.2. The first-order valence-corrected chi connectivity index (χ1v) is 5.89. The van der Waals surface area contributed by atoms with E-state index in [1.165, 1.54) is 25.9 Å². The molecular formula is C12H23NO. The maximum absolute atomic E-state index is 5.27. The minimum absolute atomic E-state index is 0.475. The third-order valence-corrected chi connectivity index (χ3v) is 3.81. The van der Waals surface area contributed by atoms with Crippen molar-refractivity contribution in [2.24, 2.45) is 11.3 Å². The molecule has 2 saturated heterocycles. The van der Waals surface area contributed by atoms with Gasteiger partial charge in [0.05, 0.1) is 19.3 Å². The summed E-state index contributed by atoms with van der Waals surface area (Å²) in [6.45, 7) is 11.6. The van der Waals surface area contributed by atoms with Crippen molar-refractivity contribution in [3.05, 3.63) is 0 Å². The van der Waals surface area contributed by atoms with Gasteiger partial charge >= 0.3 is 0 Å². The number of likely N-dealkylation sites (tertiary alicyclic amines) is 1. The van der Waals surface area contributed by atoms with Gasteiger partial charge in [-0.2, -0.15) is 0 Å². The molecule has 14 heavy (non-hydrogen) atoms. The highest BCUT2D eigenvalue weighted by molar-refractivity contribution is 4.86. The molecule has 2 aliphatic heterocycles. The fourth-order valence-electron chi connectivity index (χ4n) is 2.48. The van der Waals surface area contributed by atoms with Gasteiger partial charge < -0.3 is 4.74 Å². The molecule has 0 N–H and O–H groups in total. The smallest absolute Gasteiger partial charge is 0.0645 e. The molecule has 1 atom stereocenters. The molecule has 0 aliphatic carbocycles. The Hall–Kier alpha value is -0.0800. The van der Waals surface area contributed by atoms with Gasteiger partial charge in [-0.1, -0.05) is 20.8 Å². The Morgan fingerprint density at radius 1 is 1.21 bits per heavy atom. The Bertz CT molecular complexity index is 193. The summed E-state index contributed by atoms with van der Waals surface area (Å²) in [6.07, 6.45) is 2.78. The first-order valence-electron chi connectivity index (χ1n) is 5.89. The van der Waals surface area contributed by atoms with Gasteiger partial charge in [-0.05, 0) is 30.7 Å². The van der Waals surface area contributed by atoms with Crippen LogP contribution in [0.5, 0.6) is 0 Å². The van der Waals surface area contributed by atoms with E-state index in [9.17, 15) is 0 Å². The predicted octanol–water partition coefficient (Wildman–Crippen LogP) is 2.14. The summed E-state index contributed by atoms with van der Waals surface area (Å²) in [6, 6.07) is 0.736. The number of piperidine rings is 1. The normalized spacial score (nSPS) is 31.5. The number of rotatable bonds is 1. The summed E-state index contributed by atoms with van der Waals surface area (Å²) in [5, 5.41) is 0. The molecule has 2 fully saturated rings. The SMILES string of the molecule is CC(C)(C)C1CCCN(C2COC2)C1. The molecule has 2 aliphatic rings. The van der Waals surface area contributed by atoms with Gasteiger partial charge in [0.1, 0.15) is 0 Å². The Morgan fingerprint density at radius 2 is 1.93 bits per heavy atom. The predicted molar refractivity (Wildman–Crippen MR) is 58.4 cm³/mol. The van der Waals surface area contributed by atoms with Crippen LogP contribution < -0.4 is 0 Å². The van der Waals surface area contributed by atoms with Gasteiger partial charge in [0.2, 0.25) is 0 Å². The van der Waals surface area contributed by atoms with Gasteiger partial charge in [0, 0.05) is 6.54 Å². The molecule has 82 valence electrons. The minimum atomic E-state index is 0.475. The summed E-state index contributed by atoms with van der Waals surface area (Å²) >= 11 is 0. The lowest BCUT2D eigenvalue weighted by Gasteiger charge is -2.45. The number of ether oxygens (including phenoxy) is 1. The van der Waals surface area contributed by atoms with Crippen LogP contribution in [0.4, 0.5) is 0 Å². The molecule has 0 aromatic heterocycles. The topological polar surface area (TPSA) is 12.5 Å². The summed E-state index contributed by atoms with van der Waals surface area (Å²) in [7, 11) is 0. The molecule has 0 bridgehead atoms. The average molecular weight is 197 g/mol. The zero-order valence-corrected chi connectivity index (χ0v) is 9.75. The van der Waals surface area contributed by atoms with E-state index in [0.717, 1.165) is 25.2 Å². The minimum Gasteiger partial charge on any atom is -0.378 e. The average Bonchev–Trinajstić information content (AvgIpc) is 2.00. The third kappa shape index (κ3) is 2.12. The van der Waals surface area contributed by atoms with E-state index in [0.29, 0.717) is 5.41 Å². The lowest BCUT2D eigenvalue weighted by Crippen LogP contribution is -2.53. The van der Waals surface area contributed by atoms with E-state index in [4.69, 9.17) is 4.74 Å². The number of hydrogen-bond donors (Lipinski definition) is 0. The molecule has 2 heterocycles. The van der Waals surface area contributed by atoms with Gasteiger partial charge in [0.15, 0.2) is 0 Å². The van der Waals surface area contributed by atoms with Crippen molar-refractivity contribution < 1.29 is 4.74 Å². The highest BCUT2D eigenvalue weighted by Gasteiger charge is 2.34. The highest BCUT2D eigenvalue weighted by Crippen LogP contribution is 2.34. The van der Waals surface area contributed by atoms with Crippen LogP contribution in [0.2, 0.25) is 0 Å². The summed E-state index contributed by atoms with van der Waals surface area (Å²) in [4.78, 5) is 2.64. The molecule has 2 rings (SSSR count). The molecule has 0 radical (unpaired) electrons. The van der Waals surface area contributed by atoms with E-state index in [1.807, 2.05) is 0 Å². The van der Waals surface area contributed by atoms with E-state index >= 15 is 0 Å². The summed E-state index contributed by atoms with van der Waals surface area (Å²) < 4.78 is 5.27. The van der Waals surface area contributed by atoms with E-state index in [-0.39, 0.29) is 0 Å². The van der Waals surface area contributed by atoms with Crippen molar-refractivity contribution in [3.63, 3.8) is 0 Å². The monoisotopic (exact) mass is 197 g/mol. The molecule has 0 amide bonds. The lowest BCUT2D eigenvalue weighted by molar-refractivity contribution is -0.0830. The largest absolute Gasteiger partial charge is 0.378 e. The molecule has 0 saturated carbocycles. The van der Waals surface area contributed by atoms with Crippen LogP contribution in [-0.2, 0) is 4.74 Å². The van der Waals surface area contributed by atoms with Crippen molar-refractivity contribution in [2.75, 3.05) is 26.3 Å². The molecule has 0 aromatic rings. The first kappa shape index (κ1) is 10.4. The molecule has 2 nitrogen and oxygen atoms in total. The van der Waals surface area contributed by atoms with Crippen LogP contribution in [0.25, 0.3) is 0 Å². The van der Waals surface area contributed by atoms with Crippen LogP contribution in [0.3, 0.4) is 0 Å². The van der Waals surface area contributed by atoms with Gasteiger partial charge in [-0.25, -0.2) is 0 Å². The Morgan fingerprint density at radius 3 is 2.43 bits per heavy atom. The lowest BCUT2D eigenvalue weighted by atomic mass is 9.76. The van der Waals surface area contributed by atoms with Crippen LogP contribution in [0.15, 0.2) is 0 Å². The maximum atomic E-state index is 5.27. The molecule has 1 unspecified atom stereocenters. The van der Waals surface area contributed by atoms with Gasteiger partial charge in [0.25, 0.3) is 0 Å². The van der Waals surface area contributed by atoms with Gasteiger partial charge in [-0.3, -0.25) is 4.90 Å². The number of nitrogens with zero attached hydrogens (tertiary/aromatic N) is 1. The molecule has 0 spiro atoms.